The number of anilines is 1. The first-order valence-corrected chi connectivity index (χ1v) is 10.3. The van der Waals surface area contributed by atoms with Crippen molar-refractivity contribution in [1.82, 2.24) is 19.7 Å². The Hall–Kier alpha value is -3.18. The maximum atomic E-state index is 12.3. The molecule has 2 heterocycles. The van der Waals surface area contributed by atoms with Crippen LogP contribution in [0.5, 0.6) is 17.5 Å². The van der Waals surface area contributed by atoms with Gasteiger partial charge in [-0.25, -0.2) is 9.48 Å². The number of fused-ring (bicyclic) bond motifs is 2. The molecule has 1 aromatic heterocycles. The molecule has 9 nitrogen and oxygen atoms in total. The van der Waals surface area contributed by atoms with Crippen molar-refractivity contribution in [2.75, 3.05) is 18.4 Å². The number of aromatic nitrogens is 3. The largest absolute Gasteiger partial charge is 0.573 e. The summed E-state index contributed by atoms with van der Waals surface area (Å²) < 4.78 is 48.2. The third-order valence-electron chi connectivity index (χ3n) is 5.76. The van der Waals surface area contributed by atoms with E-state index in [1.807, 2.05) is 13.8 Å². The number of alkyl halides is 3. The Balaban J connectivity index is 1.47. The van der Waals surface area contributed by atoms with Crippen molar-refractivity contribution in [2.45, 2.75) is 45.1 Å². The van der Waals surface area contributed by atoms with E-state index in [0.717, 1.165) is 25.0 Å². The highest BCUT2D eigenvalue weighted by Gasteiger charge is 2.44. The average Bonchev–Trinajstić information content (AvgIpc) is 3.18. The minimum absolute atomic E-state index is 0.0697. The van der Waals surface area contributed by atoms with Crippen LogP contribution in [0, 0.1) is 11.8 Å². The number of hydrogen-bond donors (Lipinski definition) is 2. The second kappa shape index (κ2) is 8.40. The van der Waals surface area contributed by atoms with Gasteiger partial charge in [-0.3, -0.25) is 0 Å². The van der Waals surface area contributed by atoms with E-state index >= 15 is 0 Å². The molecular weight excluding hydrogens is 431 g/mol. The van der Waals surface area contributed by atoms with Crippen LogP contribution >= 0.6 is 0 Å². The van der Waals surface area contributed by atoms with Crippen LogP contribution in [-0.2, 0) is 0 Å². The number of benzene rings is 1. The first kappa shape index (κ1) is 22.0. The molecule has 32 heavy (non-hydrogen) atoms. The summed E-state index contributed by atoms with van der Waals surface area (Å²) in [7, 11) is 0. The quantitative estimate of drug-likeness (QED) is 0.668. The number of nitrogens with one attached hydrogen (secondary N) is 1. The molecule has 4 rings (SSSR count). The molecule has 1 aromatic carbocycles. The summed E-state index contributed by atoms with van der Waals surface area (Å²) in [5.41, 5.74) is 0. The average molecular weight is 455 g/mol. The number of likely N-dealkylation sites (tertiary alicyclic amines) is 1. The molecule has 2 aliphatic rings. The van der Waals surface area contributed by atoms with Gasteiger partial charge in [0.15, 0.2) is 0 Å². The van der Waals surface area contributed by atoms with Crippen molar-refractivity contribution in [2.24, 2.45) is 11.8 Å². The number of piperidine rings is 1. The summed E-state index contributed by atoms with van der Waals surface area (Å²) in [6, 6.07) is 5.22. The second-order valence-electron chi connectivity index (χ2n) is 8.33. The lowest BCUT2D eigenvalue weighted by Gasteiger charge is -2.36. The third kappa shape index (κ3) is 4.83. The lowest BCUT2D eigenvalue weighted by atomic mass is 9.92. The van der Waals surface area contributed by atoms with Gasteiger partial charge in [-0.2, -0.15) is 4.98 Å². The SMILES string of the molecule is CC(C)n1nc(N[C@H]2[C@@H]3CC[C@H]2CN(C(=O)O)C3)nc1Oc1ccc(OC(F)(F)F)cc1. The van der Waals surface area contributed by atoms with Crippen LogP contribution in [0.4, 0.5) is 23.9 Å². The smallest absolute Gasteiger partial charge is 0.465 e. The van der Waals surface area contributed by atoms with Gasteiger partial charge in [0, 0.05) is 19.1 Å². The molecule has 1 saturated carbocycles. The highest BCUT2D eigenvalue weighted by Crippen LogP contribution is 2.39. The van der Waals surface area contributed by atoms with E-state index in [-0.39, 0.29) is 41.4 Å². The van der Waals surface area contributed by atoms with E-state index in [2.05, 4.69) is 20.1 Å². The van der Waals surface area contributed by atoms with Crippen molar-refractivity contribution in [3.63, 3.8) is 0 Å². The molecule has 0 radical (unpaired) electrons. The van der Waals surface area contributed by atoms with E-state index in [0.29, 0.717) is 19.0 Å². The van der Waals surface area contributed by atoms with Gasteiger partial charge in [0.2, 0.25) is 5.95 Å². The minimum atomic E-state index is -4.76. The molecule has 3 atom stereocenters. The van der Waals surface area contributed by atoms with Gasteiger partial charge in [-0.15, -0.1) is 18.3 Å². The van der Waals surface area contributed by atoms with Crippen LogP contribution in [0.25, 0.3) is 0 Å². The molecule has 2 bridgehead atoms. The van der Waals surface area contributed by atoms with Gasteiger partial charge < -0.3 is 24.8 Å². The fourth-order valence-electron chi connectivity index (χ4n) is 4.35. The van der Waals surface area contributed by atoms with Gasteiger partial charge in [0.05, 0.1) is 6.04 Å². The Kier molecular flexibility index (Phi) is 5.78. The molecule has 2 aromatic rings. The van der Waals surface area contributed by atoms with Gasteiger partial charge in [-0.1, -0.05) is 0 Å². The van der Waals surface area contributed by atoms with Gasteiger partial charge in [0.25, 0.3) is 0 Å². The standard InChI is InChI=1S/C20H24F3N5O4/c1-11(2)28-18(31-14-5-7-15(8-6-14)32-20(21,22)23)25-17(26-28)24-16-12-3-4-13(16)10-27(9-12)19(29)30/h5-8,11-13,16H,3-4,9-10H2,1-2H3,(H,24,26)(H,29,30)/t12-,13+,16+. The van der Waals surface area contributed by atoms with Crippen LogP contribution in [0.3, 0.4) is 0 Å². The van der Waals surface area contributed by atoms with E-state index in [4.69, 9.17) is 4.74 Å². The molecule has 1 saturated heterocycles. The number of amides is 1. The summed E-state index contributed by atoms with van der Waals surface area (Å²) >= 11 is 0. The van der Waals surface area contributed by atoms with Crippen molar-refractivity contribution in [1.29, 1.82) is 0 Å². The zero-order valence-corrected chi connectivity index (χ0v) is 17.5. The molecule has 12 heteroatoms. The first-order chi connectivity index (χ1) is 15.1. The lowest BCUT2D eigenvalue weighted by molar-refractivity contribution is -0.274. The summed E-state index contributed by atoms with van der Waals surface area (Å²) in [5.74, 6) is 0.676. The predicted molar refractivity (Wildman–Crippen MR) is 107 cm³/mol. The first-order valence-electron chi connectivity index (χ1n) is 10.3. The molecule has 174 valence electrons. The van der Waals surface area contributed by atoms with Crippen LogP contribution in [0.1, 0.15) is 32.7 Å². The highest BCUT2D eigenvalue weighted by atomic mass is 19.4. The lowest BCUT2D eigenvalue weighted by Crippen LogP contribution is -2.49. The summed E-state index contributed by atoms with van der Waals surface area (Å²) in [6.45, 7) is 4.76. The fourth-order valence-corrected chi connectivity index (χ4v) is 4.35. The molecule has 2 fully saturated rings. The summed E-state index contributed by atoms with van der Waals surface area (Å²) in [4.78, 5) is 17.2. The van der Waals surface area contributed by atoms with E-state index < -0.39 is 12.5 Å². The number of carboxylic acid groups (broad SMARTS) is 1. The molecule has 0 spiro atoms. The van der Waals surface area contributed by atoms with Gasteiger partial charge in [0.1, 0.15) is 11.5 Å². The van der Waals surface area contributed by atoms with Crippen LogP contribution in [-0.4, -0.2) is 56.4 Å². The third-order valence-corrected chi connectivity index (χ3v) is 5.76. The van der Waals surface area contributed by atoms with Crippen LogP contribution in [0.15, 0.2) is 24.3 Å². The molecule has 0 unspecified atom stereocenters. The number of hydrogen-bond acceptors (Lipinski definition) is 6. The molecule has 1 aliphatic carbocycles. The fraction of sp³-hybridized carbons (Fsp3) is 0.550. The normalized spacial score (nSPS) is 22.8. The Morgan fingerprint density at radius 3 is 2.28 bits per heavy atom. The van der Waals surface area contributed by atoms with E-state index in [9.17, 15) is 23.1 Å². The second-order valence-corrected chi connectivity index (χ2v) is 8.33. The van der Waals surface area contributed by atoms with Gasteiger partial charge >= 0.3 is 18.5 Å². The Morgan fingerprint density at radius 1 is 1.16 bits per heavy atom. The van der Waals surface area contributed by atoms with Crippen molar-refractivity contribution in [3.8, 4) is 17.5 Å². The van der Waals surface area contributed by atoms with Gasteiger partial charge in [-0.05, 0) is 62.8 Å². The maximum absolute atomic E-state index is 12.3. The molecular formula is C20H24F3N5O4. The number of rotatable bonds is 6. The van der Waals surface area contributed by atoms with Crippen molar-refractivity contribution >= 4 is 12.0 Å². The Morgan fingerprint density at radius 2 is 1.75 bits per heavy atom. The molecule has 1 aliphatic heterocycles. The number of ether oxygens (including phenoxy) is 2. The van der Waals surface area contributed by atoms with E-state index in [1.54, 1.807) is 4.68 Å². The number of nitrogens with zero attached hydrogens (tertiary/aromatic N) is 4. The molecule has 1 amide bonds. The number of carbonyl (C=O) groups is 1. The zero-order chi connectivity index (χ0) is 23.0. The summed E-state index contributed by atoms with van der Waals surface area (Å²) in [6.07, 6.45) is -3.79. The van der Waals surface area contributed by atoms with E-state index in [1.165, 1.54) is 17.0 Å². The maximum Gasteiger partial charge on any atom is 0.573 e. The zero-order valence-electron chi connectivity index (χ0n) is 17.5. The number of halogens is 3. The van der Waals surface area contributed by atoms with Crippen molar-refractivity contribution < 1.29 is 32.5 Å². The Labute approximate surface area is 182 Å². The summed E-state index contributed by atoms with van der Waals surface area (Å²) in [5, 5.41) is 17.1. The minimum Gasteiger partial charge on any atom is -0.465 e. The van der Waals surface area contributed by atoms with Crippen molar-refractivity contribution in [3.05, 3.63) is 24.3 Å². The predicted octanol–water partition coefficient (Wildman–Crippen LogP) is 4.35. The Bertz CT molecular complexity index is 949. The topological polar surface area (TPSA) is 102 Å². The molecule has 2 N–H and O–H groups in total. The van der Waals surface area contributed by atoms with Crippen LogP contribution in [0.2, 0.25) is 0 Å². The van der Waals surface area contributed by atoms with Crippen LogP contribution < -0.4 is 14.8 Å². The monoisotopic (exact) mass is 455 g/mol. The highest BCUT2D eigenvalue weighted by molar-refractivity contribution is 5.65.